The Morgan fingerprint density at radius 2 is 2.36 bits per heavy atom. The summed E-state index contributed by atoms with van der Waals surface area (Å²) < 4.78 is 3.59. The van der Waals surface area contributed by atoms with Crippen molar-refractivity contribution in [2.75, 3.05) is 0 Å². The van der Waals surface area contributed by atoms with E-state index < -0.39 is 10.3 Å². The van der Waals surface area contributed by atoms with Crippen molar-refractivity contribution < 1.29 is 9.53 Å². The van der Waals surface area contributed by atoms with Crippen LogP contribution in [-0.2, 0) is 9.53 Å². The highest BCUT2D eigenvalue weighted by Gasteiger charge is 2.55. The summed E-state index contributed by atoms with van der Waals surface area (Å²) in [6.45, 7) is 0. The predicted molar refractivity (Wildman–Crippen MR) is 41.6 cm³/mol. The van der Waals surface area contributed by atoms with Crippen LogP contribution in [0, 0.1) is 5.92 Å². The molecule has 0 amide bonds. The van der Waals surface area contributed by atoms with Crippen molar-refractivity contribution in [2.24, 2.45) is 5.92 Å². The van der Waals surface area contributed by atoms with E-state index in [4.69, 9.17) is 27.9 Å². The Balaban J connectivity index is 2.34. The highest BCUT2D eigenvalue weighted by molar-refractivity contribution is 6.58. The monoisotopic (exact) mass is 192 g/mol. The van der Waals surface area contributed by atoms with Crippen LogP contribution >= 0.6 is 23.2 Å². The van der Waals surface area contributed by atoms with E-state index in [1.165, 1.54) is 0 Å². The van der Waals surface area contributed by atoms with E-state index in [1.807, 2.05) is 12.2 Å². The average molecular weight is 193 g/mol. The smallest absolute Gasteiger partial charge is 0.343 e. The number of rotatable bonds is 0. The summed E-state index contributed by atoms with van der Waals surface area (Å²) in [5.74, 6) is -0.668. The number of carbonyl (C=O) groups excluding carboxylic acids is 1. The summed E-state index contributed by atoms with van der Waals surface area (Å²) in [6, 6.07) is 0. The SMILES string of the molecule is O=C1O[C@H]2CC=C[C@H]2C1(Cl)Cl. The highest BCUT2D eigenvalue weighted by atomic mass is 35.5. The van der Waals surface area contributed by atoms with Crippen LogP contribution in [0.1, 0.15) is 6.42 Å². The third-order valence-electron chi connectivity index (χ3n) is 2.06. The number of alkyl halides is 2. The number of carbonyl (C=O) groups is 1. The Labute approximate surface area is 74.1 Å². The Kier molecular flexibility index (Phi) is 1.45. The van der Waals surface area contributed by atoms with Gasteiger partial charge in [-0.25, -0.2) is 4.79 Å². The zero-order chi connectivity index (χ0) is 8.06. The van der Waals surface area contributed by atoms with E-state index in [-0.39, 0.29) is 12.0 Å². The largest absolute Gasteiger partial charge is 0.459 e. The molecule has 0 spiro atoms. The summed E-state index contributed by atoms with van der Waals surface area (Å²) in [7, 11) is 0. The number of hydrogen-bond donors (Lipinski definition) is 0. The molecule has 2 atom stereocenters. The zero-order valence-electron chi connectivity index (χ0n) is 5.59. The predicted octanol–water partition coefficient (Wildman–Crippen LogP) is 1.66. The second-order valence-corrected chi connectivity index (χ2v) is 4.14. The Morgan fingerprint density at radius 1 is 1.64 bits per heavy atom. The van der Waals surface area contributed by atoms with Gasteiger partial charge in [0, 0.05) is 6.42 Å². The number of fused-ring (bicyclic) bond motifs is 1. The van der Waals surface area contributed by atoms with Crippen LogP contribution in [-0.4, -0.2) is 16.4 Å². The Hall–Kier alpha value is -0.210. The summed E-state index contributed by atoms with van der Waals surface area (Å²) in [5, 5.41) is 0. The first-order chi connectivity index (χ1) is 5.12. The van der Waals surface area contributed by atoms with Gasteiger partial charge in [-0.2, -0.15) is 0 Å². The van der Waals surface area contributed by atoms with Crippen LogP contribution in [0.4, 0.5) is 0 Å². The highest BCUT2D eigenvalue weighted by Crippen LogP contribution is 2.45. The number of esters is 1. The molecular formula is C7H6Cl2O2. The number of ether oxygens (including phenoxy) is 1. The minimum Gasteiger partial charge on any atom is -0.459 e. The number of halogens is 2. The third kappa shape index (κ3) is 0.893. The molecule has 0 aromatic rings. The van der Waals surface area contributed by atoms with Crippen molar-refractivity contribution in [3.63, 3.8) is 0 Å². The zero-order valence-corrected chi connectivity index (χ0v) is 7.10. The Morgan fingerprint density at radius 3 is 3.00 bits per heavy atom. The van der Waals surface area contributed by atoms with Gasteiger partial charge in [-0.05, 0) is 0 Å². The van der Waals surface area contributed by atoms with Crippen LogP contribution in [0.15, 0.2) is 12.2 Å². The van der Waals surface area contributed by atoms with Crippen LogP contribution in [0.25, 0.3) is 0 Å². The molecule has 2 nitrogen and oxygen atoms in total. The van der Waals surface area contributed by atoms with Gasteiger partial charge >= 0.3 is 5.97 Å². The molecule has 0 unspecified atom stereocenters. The maximum absolute atomic E-state index is 11.0. The minimum atomic E-state index is -1.35. The molecule has 2 rings (SSSR count). The van der Waals surface area contributed by atoms with E-state index in [2.05, 4.69) is 0 Å². The lowest BCUT2D eigenvalue weighted by Crippen LogP contribution is -2.27. The first-order valence-electron chi connectivity index (χ1n) is 3.38. The fourth-order valence-corrected chi connectivity index (χ4v) is 1.97. The van der Waals surface area contributed by atoms with Crippen molar-refractivity contribution in [3.8, 4) is 0 Å². The molecule has 4 heteroatoms. The molecule has 1 aliphatic heterocycles. The average Bonchev–Trinajstić information content (AvgIpc) is 2.41. The minimum absolute atomic E-state index is 0.127. The normalized spacial score (nSPS) is 38.9. The summed E-state index contributed by atoms with van der Waals surface area (Å²) >= 11 is 11.5. The van der Waals surface area contributed by atoms with Crippen molar-refractivity contribution in [3.05, 3.63) is 12.2 Å². The van der Waals surface area contributed by atoms with E-state index in [9.17, 15) is 4.79 Å². The molecule has 0 radical (unpaired) electrons. The van der Waals surface area contributed by atoms with Gasteiger partial charge in [-0.1, -0.05) is 35.4 Å². The van der Waals surface area contributed by atoms with Crippen LogP contribution < -0.4 is 0 Å². The lowest BCUT2D eigenvalue weighted by Gasteiger charge is -2.12. The lowest BCUT2D eigenvalue weighted by molar-refractivity contribution is -0.141. The maximum atomic E-state index is 11.0. The second kappa shape index (κ2) is 2.14. The summed E-state index contributed by atoms with van der Waals surface area (Å²) in [6.07, 6.45) is 4.38. The van der Waals surface area contributed by atoms with Crippen molar-refractivity contribution >= 4 is 29.2 Å². The van der Waals surface area contributed by atoms with Gasteiger partial charge in [0.15, 0.2) is 0 Å². The molecule has 1 heterocycles. The fourth-order valence-electron chi connectivity index (χ4n) is 1.46. The topological polar surface area (TPSA) is 26.3 Å². The first kappa shape index (κ1) is 7.44. The molecule has 1 aliphatic carbocycles. The molecule has 60 valence electrons. The van der Waals surface area contributed by atoms with Crippen LogP contribution in [0.2, 0.25) is 0 Å². The molecular weight excluding hydrogens is 187 g/mol. The molecule has 0 aromatic heterocycles. The van der Waals surface area contributed by atoms with Crippen molar-refractivity contribution in [1.29, 1.82) is 0 Å². The standard InChI is InChI=1S/C7H6Cl2O2/c8-7(9)4-2-1-3-5(4)11-6(7)10/h1-2,4-5H,3H2/t4-,5+/m1/s1. The molecule has 0 bridgehead atoms. The lowest BCUT2D eigenvalue weighted by atomic mass is 10.1. The quantitative estimate of drug-likeness (QED) is 0.332. The van der Waals surface area contributed by atoms with Gasteiger partial charge in [0.1, 0.15) is 6.10 Å². The molecule has 0 saturated carbocycles. The van der Waals surface area contributed by atoms with E-state index in [1.54, 1.807) is 0 Å². The molecule has 0 N–H and O–H groups in total. The van der Waals surface area contributed by atoms with E-state index in [0.29, 0.717) is 0 Å². The summed E-state index contributed by atoms with van der Waals surface area (Å²) in [4.78, 5) is 11.0. The molecule has 1 saturated heterocycles. The van der Waals surface area contributed by atoms with Gasteiger partial charge < -0.3 is 4.74 Å². The fraction of sp³-hybridized carbons (Fsp3) is 0.571. The molecule has 2 aliphatic rings. The molecule has 1 fully saturated rings. The van der Waals surface area contributed by atoms with Gasteiger partial charge in [0.25, 0.3) is 0 Å². The maximum Gasteiger partial charge on any atom is 0.343 e. The second-order valence-electron chi connectivity index (χ2n) is 2.76. The van der Waals surface area contributed by atoms with Crippen molar-refractivity contribution in [1.82, 2.24) is 0 Å². The Bertz CT molecular complexity index is 235. The van der Waals surface area contributed by atoms with Gasteiger partial charge in [-0.3, -0.25) is 0 Å². The van der Waals surface area contributed by atoms with Gasteiger partial charge in [0.2, 0.25) is 4.33 Å². The summed E-state index contributed by atoms with van der Waals surface area (Å²) in [5.41, 5.74) is 0. The number of hydrogen-bond acceptors (Lipinski definition) is 2. The van der Waals surface area contributed by atoms with Crippen LogP contribution in [0.3, 0.4) is 0 Å². The van der Waals surface area contributed by atoms with E-state index in [0.717, 1.165) is 6.42 Å². The van der Waals surface area contributed by atoms with Gasteiger partial charge in [0.05, 0.1) is 5.92 Å². The molecule has 11 heavy (non-hydrogen) atoms. The third-order valence-corrected chi connectivity index (χ3v) is 2.87. The molecule has 0 aromatic carbocycles. The van der Waals surface area contributed by atoms with Crippen molar-refractivity contribution in [2.45, 2.75) is 16.9 Å². The van der Waals surface area contributed by atoms with Gasteiger partial charge in [-0.15, -0.1) is 0 Å². The van der Waals surface area contributed by atoms with Crippen LogP contribution in [0.5, 0.6) is 0 Å². The first-order valence-corrected chi connectivity index (χ1v) is 4.13. The van der Waals surface area contributed by atoms with E-state index >= 15 is 0 Å².